The van der Waals surface area contributed by atoms with Gasteiger partial charge in [0, 0.05) is 0 Å². The molecule has 0 N–H and O–H groups in total. The van der Waals surface area contributed by atoms with Gasteiger partial charge in [-0.15, -0.1) is 0 Å². The van der Waals surface area contributed by atoms with Crippen LogP contribution in [0.3, 0.4) is 0 Å². The Morgan fingerprint density at radius 3 is 2.43 bits per heavy atom. The highest BCUT2D eigenvalue weighted by Crippen LogP contribution is 2.21. The summed E-state index contributed by atoms with van der Waals surface area (Å²) < 4.78 is 19.1. The van der Waals surface area contributed by atoms with E-state index in [1.165, 1.54) is 38.2 Å². The van der Waals surface area contributed by atoms with E-state index >= 15 is 0 Å². The number of ether oxygens (including phenoxy) is 1. The lowest BCUT2D eigenvalue weighted by molar-refractivity contribution is -0.141. The van der Waals surface area contributed by atoms with Crippen molar-refractivity contribution in [1.29, 1.82) is 0 Å². The highest BCUT2D eigenvalue weighted by Gasteiger charge is 2.33. The fourth-order valence-corrected chi connectivity index (χ4v) is 3.20. The van der Waals surface area contributed by atoms with Crippen LogP contribution in [0, 0.1) is 5.82 Å². The second-order valence-electron chi connectivity index (χ2n) is 6.51. The van der Waals surface area contributed by atoms with Crippen molar-refractivity contribution in [2.75, 3.05) is 32.7 Å². The van der Waals surface area contributed by atoms with Crippen molar-refractivity contribution in [1.82, 2.24) is 9.80 Å². The van der Waals surface area contributed by atoms with Gasteiger partial charge in [-0.3, -0.25) is 9.69 Å². The van der Waals surface area contributed by atoms with Crippen LogP contribution in [0.15, 0.2) is 24.3 Å². The number of likely N-dealkylation sites (tertiary alicyclic amines) is 2. The summed E-state index contributed by atoms with van der Waals surface area (Å²) in [5, 5.41) is 0. The van der Waals surface area contributed by atoms with E-state index < -0.39 is 0 Å². The van der Waals surface area contributed by atoms with Crippen LogP contribution in [-0.2, 0) is 4.79 Å². The van der Waals surface area contributed by atoms with Gasteiger partial charge in [0.15, 0.2) is 11.6 Å². The molecular formula is C18H25FN2O2. The Labute approximate surface area is 137 Å². The van der Waals surface area contributed by atoms with E-state index in [9.17, 15) is 9.18 Å². The first-order chi connectivity index (χ1) is 11.2. The summed E-state index contributed by atoms with van der Waals surface area (Å²) in [7, 11) is 0. The molecule has 1 aromatic carbocycles. The number of rotatable bonds is 4. The first-order valence-corrected chi connectivity index (χ1v) is 8.64. The van der Waals surface area contributed by atoms with E-state index in [0.717, 1.165) is 13.1 Å². The van der Waals surface area contributed by atoms with E-state index in [-0.39, 0.29) is 23.6 Å². The zero-order valence-electron chi connectivity index (χ0n) is 13.5. The number of carbonyl (C=O) groups is 1. The van der Waals surface area contributed by atoms with Crippen LogP contribution in [0.5, 0.6) is 5.75 Å². The number of hydrogen-bond donors (Lipinski definition) is 0. The molecule has 0 aromatic heterocycles. The quantitative estimate of drug-likeness (QED) is 0.855. The Hall–Kier alpha value is -1.62. The minimum Gasteiger partial charge on any atom is -0.484 e. The maximum atomic E-state index is 13.5. The molecule has 3 rings (SSSR count). The number of amides is 1. The van der Waals surface area contributed by atoms with Gasteiger partial charge in [-0.05, 0) is 38.1 Å². The minimum absolute atomic E-state index is 0.0943. The zero-order valence-corrected chi connectivity index (χ0v) is 13.5. The van der Waals surface area contributed by atoms with Gasteiger partial charge in [0.05, 0.1) is 19.6 Å². The van der Waals surface area contributed by atoms with Crippen molar-refractivity contribution in [2.24, 2.45) is 0 Å². The first kappa shape index (κ1) is 16.2. The second kappa shape index (κ2) is 7.77. The molecule has 2 heterocycles. The lowest BCUT2D eigenvalue weighted by Gasteiger charge is -2.40. The highest BCUT2D eigenvalue weighted by molar-refractivity contribution is 5.79. The van der Waals surface area contributed by atoms with Crippen LogP contribution < -0.4 is 4.74 Å². The van der Waals surface area contributed by atoms with Crippen LogP contribution >= 0.6 is 0 Å². The number of nitrogens with zero attached hydrogens (tertiary/aromatic N) is 2. The molecule has 4 nitrogen and oxygen atoms in total. The Balaban J connectivity index is 1.41. The Morgan fingerprint density at radius 2 is 1.74 bits per heavy atom. The molecule has 0 unspecified atom stereocenters. The van der Waals surface area contributed by atoms with E-state index in [1.54, 1.807) is 18.2 Å². The van der Waals surface area contributed by atoms with Gasteiger partial charge in [-0.2, -0.15) is 0 Å². The third-order valence-electron chi connectivity index (χ3n) is 4.64. The number of benzene rings is 1. The largest absolute Gasteiger partial charge is 0.484 e. The normalized spacial score (nSPS) is 20.5. The SMILES string of the molecule is O=C(CN1CCCCCCC1)N1CC(Oc2ccccc2F)C1. The van der Waals surface area contributed by atoms with Crippen LogP contribution in [0.25, 0.3) is 0 Å². The third kappa shape index (κ3) is 4.44. The van der Waals surface area contributed by atoms with Gasteiger partial charge < -0.3 is 9.64 Å². The van der Waals surface area contributed by atoms with Crippen LogP contribution in [-0.4, -0.2) is 54.5 Å². The van der Waals surface area contributed by atoms with Crippen LogP contribution in [0.1, 0.15) is 32.1 Å². The Bertz CT molecular complexity index is 524. The van der Waals surface area contributed by atoms with Gasteiger partial charge in [0.2, 0.25) is 5.91 Å². The van der Waals surface area contributed by atoms with Gasteiger partial charge >= 0.3 is 0 Å². The molecular weight excluding hydrogens is 295 g/mol. The molecule has 1 aromatic rings. The van der Waals surface area contributed by atoms with Crippen molar-refractivity contribution < 1.29 is 13.9 Å². The molecule has 1 amide bonds. The van der Waals surface area contributed by atoms with Crippen molar-refractivity contribution in [2.45, 2.75) is 38.2 Å². The molecule has 2 aliphatic rings. The predicted octanol–water partition coefficient (Wildman–Crippen LogP) is 2.68. The highest BCUT2D eigenvalue weighted by atomic mass is 19.1. The second-order valence-corrected chi connectivity index (χ2v) is 6.51. The number of carbonyl (C=O) groups excluding carboxylic acids is 1. The van der Waals surface area contributed by atoms with E-state index in [0.29, 0.717) is 19.6 Å². The predicted molar refractivity (Wildman–Crippen MR) is 86.9 cm³/mol. The molecule has 23 heavy (non-hydrogen) atoms. The summed E-state index contributed by atoms with van der Waals surface area (Å²) in [5.74, 6) is 0.0882. The topological polar surface area (TPSA) is 32.8 Å². The summed E-state index contributed by atoms with van der Waals surface area (Å²) in [6, 6.07) is 6.41. The summed E-state index contributed by atoms with van der Waals surface area (Å²) in [5.41, 5.74) is 0. The third-order valence-corrected chi connectivity index (χ3v) is 4.64. The van der Waals surface area contributed by atoms with Gasteiger partial charge in [-0.1, -0.05) is 31.4 Å². The summed E-state index contributed by atoms with van der Waals surface area (Å²) in [6.07, 6.45) is 6.14. The first-order valence-electron chi connectivity index (χ1n) is 8.64. The fraction of sp³-hybridized carbons (Fsp3) is 0.611. The molecule has 126 valence electrons. The van der Waals surface area contributed by atoms with Crippen molar-refractivity contribution in [3.63, 3.8) is 0 Å². The van der Waals surface area contributed by atoms with Crippen molar-refractivity contribution >= 4 is 5.91 Å². The van der Waals surface area contributed by atoms with Crippen LogP contribution in [0.2, 0.25) is 0 Å². The molecule has 0 saturated carbocycles. The molecule has 0 aliphatic carbocycles. The molecule has 2 aliphatic heterocycles. The maximum Gasteiger partial charge on any atom is 0.237 e. The Kier molecular flexibility index (Phi) is 5.49. The van der Waals surface area contributed by atoms with Crippen molar-refractivity contribution in [3.05, 3.63) is 30.1 Å². The fourth-order valence-electron chi connectivity index (χ4n) is 3.20. The average molecular weight is 320 g/mol. The maximum absolute atomic E-state index is 13.5. The molecule has 0 radical (unpaired) electrons. The summed E-state index contributed by atoms with van der Waals surface area (Å²) in [6.45, 7) is 3.66. The molecule has 2 saturated heterocycles. The number of para-hydroxylation sites is 1. The minimum atomic E-state index is -0.349. The molecule has 2 fully saturated rings. The van der Waals surface area contributed by atoms with Gasteiger partial charge in [-0.25, -0.2) is 4.39 Å². The number of halogens is 1. The monoisotopic (exact) mass is 320 g/mol. The average Bonchev–Trinajstić information content (AvgIpc) is 2.46. The van der Waals surface area contributed by atoms with Crippen LogP contribution in [0.4, 0.5) is 4.39 Å². The van der Waals surface area contributed by atoms with E-state index in [2.05, 4.69) is 4.90 Å². The molecule has 0 spiro atoms. The van der Waals surface area contributed by atoms with E-state index in [4.69, 9.17) is 4.74 Å². The lowest BCUT2D eigenvalue weighted by Crippen LogP contribution is -2.58. The summed E-state index contributed by atoms with van der Waals surface area (Å²) >= 11 is 0. The molecule has 5 heteroatoms. The lowest BCUT2D eigenvalue weighted by atomic mass is 10.1. The summed E-state index contributed by atoms with van der Waals surface area (Å²) in [4.78, 5) is 16.4. The smallest absolute Gasteiger partial charge is 0.237 e. The molecule has 0 bridgehead atoms. The van der Waals surface area contributed by atoms with E-state index in [1.807, 2.05) is 4.90 Å². The van der Waals surface area contributed by atoms with Gasteiger partial charge in [0.1, 0.15) is 6.10 Å². The molecule has 0 atom stereocenters. The zero-order chi connectivity index (χ0) is 16.1. The standard InChI is InChI=1S/C18H25FN2O2/c19-16-8-4-5-9-17(16)23-15-12-21(13-15)18(22)14-20-10-6-2-1-3-7-11-20/h4-5,8-9,15H,1-3,6-7,10-14H2. The Morgan fingerprint density at radius 1 is 1.09 bits per heavy atom. The van der Waals surface area contributed by atoms with Gasteiger partial charge in [0.25, 0.3) is 0 Å². The van der Waals surface area contributed by atoms with Crippen molar-refractivity contribution in [3.8, 4) is 5.75 Å². The number of hydrogen-bond acceptors (Lipinski definition) is 3.